The molecule has 8 nitrogen and oxygen atoms in total. The summed E-state index contributed by atoms with van der Waals surface area (Å²) in [6, 6.07) is 5.62. The van der Waals surface area contributed by atoms with Gasteiger partial charge in [0.1, 0.15) is 4.21 Å². The maximum Gasteiger partial charge on any atom is 0.250 e. The molecule has 4 fully saturated rings. The number of anilines is 1. The van der Waals surface area contributed by atoms with Crippen LogP contribution in [0.5, 0.6) is 0 Å². The van der Waals surface area contributed by atoms with Gasteiger partial charge in [-0.25, -0.2) is 23.1 Å². The highest BCUT2D eigenvalue weighted by molar-refractivity contribution is 7.91. The number of nitrogens with one attached hydrogen (secondary N) is 1. The van der Waals surface area contributed by atoms with Crippen molar-refractivity contribution >= 4 is 27.3 Å². The minimum atomic E-state index is -3.38. The van der Waals surface area contributed by atoms with E-state index in [1.165, 1.54) is 17.8 Å². The van der Waals surface area contributed by atoms with Crippen LogP contribution in [0.2, 0.25) is 0 Å². The Kier molecular flexibility index (Phi) is 6.25. The molecule has 4 atom stereocenters. The molecule has 0 aromatic carbocycles. The van der Waals surface area contributed by atoms with E-state index in [2.05, 4.69) is 29.4 Å². The molecular weight excluding hydrogens is 432 g/mol. The van der Waals surface area contributed by atoms with Crippen molar-refractivity contribution in [1.29, 1.82) is 0 Å². The lowest BCUT2D eigenvalue weighted by atomic mass is 9.75. The lowest BCUT2D eigenvalue weighted by molar-refractivity contribution is -0.0108. The summed E-state index contributed by atoms with van der Waals surface area (Å²) in [5, 5.41) is 1.80. The van der Waals surface area contributed by atoms with E-state index in [0.29, 0.717) is 28.6 Å². The number of fused-ring (bicyclic) bond motifs is 3. The zero-order chi connectivity index (χ0) is 21.3. The maximum atomic E-state index is 12.5. The summed E-state index contributed by atoms with van der Waals surface area (Å²) in [5.74, 6) is 2.20. The maximum absolute atomic E-state index is 12.5. The van der Waals surface area contributed by atoms with Crippen LogP contribution in [0.1, 0.15) is 12.8 Å². The van der Waals surface area contributed by atoms with Gasteiger partial charge < -0.3 is 4.90 Å². The highest BCUT2D eigenvalue weighted by atomic mass is 32.2. The first-order valence-electron chi connectivity index (χ1n) is 11.1. The Labute approximate surface area is 188 Å². The molecule has 10 heteroatoms. The monoisotopic (exact) mass is 462 g/mol. The van der Waals surface area contributed by atoms with Crippen LogP contribution in [0.15, 0.2) is 40.2 Å². The summed E-state index contributed by atoms with van der Waals surface area (Å²) < 4.78 is 28.2. The van der Waals surface area contributed by atoms with Crippen LogP contribution in [0.3, 0.4) is 0 Å². The Bertz CT molecular complexity index is 948. The molecule has 2 aromatic rings. The van der Waals surface area contributed by atoms with Crippen molar-refractivity contribution in [3.05, 3.63) is 36.0 Å². The fourth-order valence-corrected chi connectivity index (χ4v) is 7.39. The summed E-state index contributed by atoms with van der Waals surface area (Å²) in [6.45, 7) is 7.86. The van der Waals surface area contributed by atoms with Crippen molar-refractivity contribution in [2.75, 3.05) is 57.3 Å². The zero-order valence-electron chi connectivity index (χ0n) is 17.6. The van der Waals surface area contributed by atoms with Gasteiger partial charge in [-0.2, -0.15) is 0 Å². The molecule has 6 heterocycles. The molecule has 6 rings (SSSR count). The summed E-state index contributed by atoms with van der Waals surface area (Å²) >= 11 is 1.27. The quantitative estimate of drug-likeness (QED) is 0.665. The van der Waals surface area contributed by atoms with Gasteiger partial charge in [-0.05, 0) is 48.7 Å². The van der Waals surface area contributed by atoms with Crippen molar-refractivity contribution < 1.29 is 8.42 Å². The molecule has 0 spiro atoms. The van der Waals surface area contributed by atoms with Crippen molar-refractivity contribution in [3.63, 3.8) is 0 Å². The number of piperidine rings is 3. The highest BCUT2D eigenvalue weighted by Gasteiger charge is 2.41. The molecule has 0 saturated carbocycles. The number of piperazine rings is 1. The lowest BCUT2D eigenvalue weighted by Crippen LogP contribution is -2.59. The van der Waals surface area contributed by atoms with Gasteiger partial charge in [-0.3, -0.25) is 9.80 Å². The molecule has 1 unspecified atom stereocenters. The molecule has 4 saturated heterocycles. The first-order valence-corrected chi connectivity index (χ1v) is 13.5. The molecule has 1 N–H and O–H groups in total. The predicted molar refractivity (Wildman–Crippen MR) is 122 cm³/mol. The molecule has 4 aliphatic heterocycles. The van der Waals surface area contributed by atoms with E-state index in [4.69, 9.17) is 0 Å². The summed E-state index contributed by atoms with van der Waals surface area (Å²) in [7, 11) is -3.38. The van der Waals surface area contributed by atoms with Crippen molar-refractivity contribution in [3.8, 4) is 0 Å². The van der Waals surface area contributed by atoms with Gasteiger partial charge in [0.25, 0.3) is 0 Å². The van der Waals surface area contributed by atoms with Gasteiger partial charge in [0.15, 0.2) is 0 Å². The molecule has 0 radical (unpaired) electrons. The SMILES string of the molecule is O=S(=O)(NC[C@H]1C[C@@H]2CCN1C[C@@H]2CN1CCN(c2ncccn2)CC1)c1cccs1. The van der Waals surface area contributed by atoms with Crippen molar-refractivity contribution in [2.24, 2.45) is 11.8 Å². The van der Waals surface area contributed by atoms with Crippen molar-refractivity contribution in [1.82, 2.24) is 24.5 Å². The largest absolute Gasteiger partial charge is 0.338 e. The summed E-state index contributed by atoms with van der Waals surface area (Å²) in [5.41, 5.74) is 0. The third kappa shape index (κ3) is 4.78. The number of sulfonamides is 1. The summed E-state index contributed by atoms with van der Waals surface area (Å²) in [4.78, 5) is 16.1. The van der Waals surface area contributed by atoms with Gasteiger partial charge in [-0.15, -0.1) is 11.3 Å². The van der Waals surface area contributed by atoms with Crippen LogP contribution in [0.4, 0.5) is 5.95 Å². The Hall–Kier alpha value is -1.59. The fraction of sp³-hybridized carbons (Fsp3) is 0.619. The van der Waals surface area contributed by atoms with Crippen LogP contribution in [0, 0.1) is 11.8 Å². The summed E-state index contributed by atoms with van der Waals surface area (Å²) in [6.07, 6.45) is 5.93. The molecule has 0 aliphatic carbocycles. The molecular formula is C21H30N6O2S2. The van der Waals surface area contributed by atoms with Crippen LogP contribution < -0.4 is 9.62 Å². The average molecular weight is 463 g/mol. The molecule has 0 amide bonds. The van der Waals surface area contributed by atoms with Crippen LogP contribution in [-0.2, 0) is 10.0 Å². The van der Waals surface area contributed by atoms with E-state index in [1.54, 1.807) is 29.9 Å². The second-order valence-corrected chi connectivity index (χ2v) is 11.8. The minimum Gasteiger partial charge on any atom is -0.338 e. The number of nitrogens with zero attached hydrogens (tertiary/aromatic N) is 5. The Morgan fingerprint density at radius 3 is 2.58 bits per heavy atom. The minimum absolute atomic E-state index is 0.316. The second-order valence-electron chi connectivity index (χ2n) is 8.81. The first-order chi connectivity index (χ1) is 15.1. The normalized spacial score (nSPS) is 29.4. The number of hydrogen-bond acceptors (Lipinski definition) is 8. The van der Waals surface area contributed by atoms with Gasteiger partial charge in [-0.1, -0.05) is 6.07 Å². The zero-order valence-corrected chi connectivity index (χ0v) is 19.3. The van der Waals surface area contributed by atoms with E-state index in [-0.39, 0.29) is 0 Å². The van der Waals surface area contributed by atoms with Gasteiger partial charge >= 0.3 is 0 Å². The molecule has 168 valence electrons. The molecule has 2 bridgehead atoms. The van der Waals surface area contributed by atoms with Crippen LogP contribution in [-0.4, -0.2) is 86.6 Å². The van der Waals surface area contributed by atoms with E-state index in [1.807, 2.05) is 6.07 Å². The van der Waals surface area contributed by atoms with Gasteiger partial charge in [0, 0.05) is 64.2 Å². The lowest BCUT2D eigenvalue weighted by Gasteiger charge is -2.51. The number of rotatable bonds is 7. The van der Waals surface area contributed by atoms with Gasteiger partial charge in [0.05, 0.1) is 0 Å². The van der Waals surface area contributed by atoms with Crippen LogP contribution in [0.25, 0.3) is 0 Å². The van der Waals surface area contributed by atoms with E-state index < -0.39 is 10.0 Å². The Balaban J connectivity index is 1.11. The van der Waals surface area contributed by atoms with E-state index in [0.717, 1.165) is 58.2 Å². The number of aromatic nitrogens is 2. The molecule has 31 heavy (non-hydrogen) atoms. The Morgan fingerprint density at radius 2 is 1.90 bits per heavy atom. The Morgan fingerprint density at radius 1 is 1.10 bits per heavy atom. The number of thiophene rings is 1. The third-order valence-corrected chi connectivity index (χ3v) is 9.80. The smallest absolute Gasteiger partial charge is 0.250 e. The second kappa shape index (κ2) is 9.11. The molecule has 2 aromatic heterocycles. The molecule has 4 aliphatic rings. The average Bonchev–Trinajstić information content (AvgIpc) is 3.36. The van der Waals surface area contributed by atoms with E-state index in [9.17, 15) is 8.42 Å². The fourth-order valence-electron chi connectivity index (χ4n) is 5.28. The topological polar surface area (TPSA) is 81.7 Å². The van der Waals surface area contributed by atoms with E-state index >= 15 is 0 Å². The van der Waals surface area contributed by atoms with Gasteiger partial charge in [0.2, 0.25) is 16.0 Å². The number of hydrogen-bond donors (Lipinski definition) is 1. The van der Waals surface area contributed by atoms with Crippen molar-refractivity contribution in [2.45, 2.75) is 23.1 Å². The predicted octanol–water partition coefficient (Wildman–Crippen LogP) is 1.35. The standard InChI is InChI=1S/C21H30N6O2S2/c28-31(29,20-3-1-12-30-20)24-14-19-13-17-4-7-27(19)16-18(17)15-25-8-10-26(11-9-25)21-22-5-2-6-23-21/h1-3,5-6,12,17-19,24H,4,7-11,13-16H2/t17-,18-,19+/m0/s1. The highest BCUT2D eigenvalue weighted by Crippen LogP contribution is 2.36. The third-order valence-electron chi connectivity index (χ3n) is 6.98. The van der Waals surface area contributed by atoms with Crippen LogP contribution >= 0.6 is 11.3 Å². The first kappa shape index (κ1) is 21.3.